The molecule has 76 valence electrons. The highest BCUT2D eigenvalue weighted by molar-refractivity contribution is 8.02. The van der Waals surface area contributed by atoms with Crippen LogP contribution in [0.15, 0.2) is 12.0 Å². The van der Waals surface area contributed by atoms with E-state index in [0.717, 1.165) is 11.1 Å². The van der Waals surface area contributed by atoms with Crippen molar-refractivity contribution in [2.24, 2.45) is 0 Å². The summed E-state index contributed by atoms with van der Waals surface area (Å²) in [6.45, 7) is 10.7. The van der Waals surface area contributed by atoms with Crippen molar-refractivity contribution in [3.8, 4) is 0 Å². The standard InChI is InChI=1S/C11H23BS/c1-5-7-8-11(13-6-2)9-10(3)12-4/h6,10-12H,2,5,7-9H2,1,3-4H3. The van der Waals surface area contributed by atoms with Gasteiger partial charge in [-0.1, -0.05) is 45.9 Å². The van der Waals surface area contributed by atoms with Gasteiger partial charge in [0, 0.05) is 5.25 Å². The first-order valence-corrected chi connectivity index (χ1v) is 6.45. The Morgan fingerprint density at radius 3 is 2.69 bits per heavy atom. The molecule has 0 aliphatic rings. The molecule has 0 aromatic carbocycles. The van der Waals surface area contributed by atoms with E-state index >= 15 is 0 Å². The maximum atomic E-state index is 3.80. The molecule has 0 saturated carbocycles. The normalized spacial score (nSPS) is 15.0. The molecular formula is C11H23BS. The minimum Gasteiger partial charge on any atom is -0.131 e. The molecule has 0 fully saturated rings. The number of hydrogen-bond donors (Lipinski definition) is 0. The zero-order chi connectivity index (χ0) is 10.1. The first-order chi connectivity index (χ1) is 6.24. The summed E-state index contributed by atoms with van der Waals surface area (Å²) in [5.41, 5.74) is 0. The van der Waals surface area contributed by atoms with Crippen molar-refractivity contribution in [2.75, 3.05) is 0 Å². The van der Waals surface area contributed by atoms with E-state index in [1.165, 1.54) is 33.0 Å². The van der Waals surface area contributed by atoms with Crippen LogP contribution in [-0.4, -0.2) is 12.5 Å². The van der Waals surface area contributed by atoms with Gasteiger partial charge in [-0.25, -0.2) is 0 Å². The SMILES string of the molecule is C=CSC(CCCC)CC(C)BC. The predicted octanol–water partition coefficient (Wildman–Crippen LogP) is 4.11. The second-order valence-electron chi connectivity index (χ2n) is 3.82. The summed E-state index contributed by atoms with van der Waals surface area (Å²) in [5.74, 6) is 0.870. The van der Waals surface area contributed by atoms with Crippen molar-refractivity contribution in [1.82, 2.24) is 0 Å². The van der Waals surface area contributed by atoms with Crippen molar-refractivity contribution in [2.45, 2.75) is 57.4 Å². The van der Waals surface area contributed by atoms with E-state index in [1.54, 1.807) is 0 Å². The fourth-order valence-electron chi connectivity index (χ4n) is 1.42. The summed E-state index contributed by atoms with van der Waals surface area (Å²) < 4.78 is 0. The molecule has 2 unspecified atom stereocenters. The van der Waals surface area contributed by atoms with E-state index < -0.39 is 0 Å². The molecule has 2 atom stereocenters. The zero-order valence-corrected chi connectivity index (χ0v) is 10.2. The summed E-state index contributed by atoms with van der Waals surface area (Å²) >= 11 is 1.92. The number of hydrogen-bond acceptors (Lipinski definition) is 1. The first kappa shape index (κ1) is 13.2. The van der Waals surface area contributed by atoms with Crippen LogP contribution in [0, 0.1) is 0 Å². The molecule has 0 aliphatic heterocycles. The van der Waals surface area contributed by atoms with Crippen molar-refractivity contribution in [3.63, 3.8) is 0 Å². The highest BCUT2D eigenvalue weighted by atomic mass is 32.2. The molecule has 0 rings (SSSR count). The largest absolute Gasteiger partial charge is 0.131 e. The second-order valence-corrected chi connectivity index (χ2v) is 5.09. The molecule has 0 N–H and O–H groups in total. The van der Waals surface area contributed by atoms with Crippen LogP contribution in [0.25, 0.3) is 0 Å². The van der Waals surface area contributed by atoms with Crippen LogP contribution in [0.3, 0.4) is 0 Å². The summed E-state index contributed by atoms with van der Waals surface area (Å²) in [7, 11) is 1.31. The Labute approximate surface area is 88.8 Å². The van der Waals surface area contributed by atoms with E-state index in [-0.39, 0.29) is 0 Å². The van der Waals surface area contributed by atoms with E-state index in [4.69, 9.17) is 0 Å². The fourth-order valence-corrected chi connectivity index (χ4v) is 2.44. The zero-order valence-electron chi connectivity index (χ0n) is 9.38. The lowest BCUT2D eigenvalue weighted by Gasteiger charge is -2.17. The third-order valence-electron chi connectivity index (χ3n) is 2.53. The molecule has 0 amide bonds. The van der Waals surface area contributed by atoms with Gasteiger partial charge in [-0.05, 0) is 18.2 Å². The Morgan fingerprint density at radius 1 is 1.54 bits per heavy atom. The minimum absolute atomic E-state index is 0.812. The van der Waals surface area contributed by atoms with Gasteiger partial charge in [0.15, 0.2) is 0 Å². The van der Waals surface area contributed by atoms with Gasteiger partial charge >= 0.3 is 0 Å². The van der Waals surface area contributed by atoms with Gasteiger partial charge in [-0.15, -0.1) is 11.8 Å². The summed E-state index contributed by atoms with van der Waals surface area (Å²) in [6, 6.07) is 0. The van der Waals surface area contributed by atoms with Crippen LogP contribution in [0.2, 0.25) is 12.6 Å². The maximum absolute atomic E-state index is 3.80. The molecule has 2 heteroatoms. The number of unbranched alkanes of at least 4 members (excludes halogenated alkanes) is 1. The van der Waals surface area contributed by atoms with Crippen LogP contribution in [0.1, 0.15) is 39.5 Å². The summed E-state index contributed by atoms with van der Waals surface area (Å²) in [4.78, 5) is 0. The summed E-state index contributed by atoms with van der Waals surface area (Å²) in [5, 5.41) is 2.82. The molecule has 0 aromatic rings. The average molecular weight is 198 g/mol. The maximum Gasteiger partial charge on any atom is 0.120 e. The molecule has 0 radical (unpaired) electrons. The van der Waals surface area contributed by atoms with Crippen LogP contribution < -0.4 is 0 Å². The van der Waals surface area contributed by atoms with E-state index in [9.17, 15) is 0 Å². The van der Waals surface area contributed by atoms with Gasteiger partial charge in [0.05, 0.1) is 0 Å². The van der Waals surface area contributed by atoms with Crippen LogP contribution in [0.4, 0.5) is 0 Å². The monoisotopic (exact) mass is 198 g/mol. The van der Waals surface area contributed by atoms with Crippen LogP contribution in [0.5, 0.6) is 0 Å². The number of rotatable bonds is 8. The van der Waals surface area contributed by atoms with Crippen molar-refractivity contribution in [1.29, 1.82) is 0 Å². The highest BCUT2D eigenvalue weighted by Crippen LogP contribution is 2.26. The quantitative estimate of drug-likeness (QED) is 0.529. The fraction of sp³-hybridized carbons (Fsp3) is 0.818. The third-order valence-corrected chi connectivity index (χ3v) is 3.54. The molecule has 0 heterocycles. The third kappa shape index (κ3) is 7.24. The van der Waals surface area contributed by atoms with Gasteiger partial charge in [-0.3, -0.25) is 0 Å². The van der Waals surface area contributed by atoms with Crippen LogP contribution in [-0.2, 0) is 0 Å². The van der Waals surface area contributed by atoms with E-state index in [2.05, 4.69) is 27.2 Å². The first-order valence-electron chi connectivity index (χ1n) is 5.50. The minimum atomic E-state index is 0.812. The smallest absolute Gasteiger partial charge is 0.120 e. The average Bonchev–Trinajstić information content (AvgIpc) is 2.14. The Hall–Kier alpha value is 0.155. The van der Waals surface area contributed by atoms with Crippen molar-refractivity contribution in [3.05, 3.63) is 12.0 Å². The molecule has 13 heavy (non-hydrogen) atoms. The Balaban J connectivity index is 3.71. The van der Waals surface area contributed by atoms with Gasteiger partial charge in [0.25, 0.3) is 0 Å². The van der Waals surface area contributed by atoms with Crippen molar-refractivity contribution >= 4 is 19.0 Å². The molecule has 0 bridgehead atoms. The lowest BCUT2D eigenvalue weighted by molar-refractivity contribution is 0.638. The van der Waals surface area contributed by atoms with Crippen LogP contribution >= 0.6 is 11.8 Å². The predicted molar refractivity (Wildman–Crippen MR) is 68.2 cm³/mol. The van der Waals surface area contributed by atoms with E-state index in [1.807, 2.05) is 17.2 Å². The number of thioether (sulfide) groups is 1. The Bertz CT molecular complexity index is 125. The topological polar surface area (TPSA) is 0 Å². The lowest BCUT2D eigenvalue weighted by atomic mass is 9.66. The molecule has 0 aromatic heterocycles. The lowest BCUT2D eigenvalue weighted by Crippen LogP contribution is -2.07. The van der Waals surface area contributed by atoms with Gasteiger partial charge in [0.1, 0.15) is 7.28 Å². The molecule has 0 saturated heterocycles. The van der Waals surface area contributed by atoms with Gasteiger partial charge in [0.2, 0.25) is 0 Å². The molecular weight excluding hydrogens is 175 g/mol. The molecule has 0 spiro atoms. The van der Waals surface area contributed by atoms with Gasteiger partial charge in [-0.2, -0.15) is 0 Å². The second kappa shape index (κ2) is 8.74. The van der Waals surface area contributed by atoms with Crippen molar-refractivity contribution < 1.29 is 0 Å². The molecule has 0 aliphatic carbocycles. The highest BCUT2D eigenvalue weighted by Gasteiger charge is 2.11. The Morgan fingerprint density at radius 2 is 2.23 bits per heavy atom. The molecule has 0 nitrogen and oxygen atoms in total. The van der Waals surface area contributed by atoms with Gasteiger partial charge < -0.3 is 0 Å². The Kier molecular flexibility index (Phi) is 8.84. The van der Waals surface area contributed by atoms with E-state index in [0.29, 0.717) is 0 Å². The summed E-state index contributed by atoms with van der Waals surface area (Å²) in [6.07, 6.45) is 5.39.